The van der Waals surface area contributed by atoms with Gasteiger partial charge in [-0.05, 0) is 0 Å². The fourth-order valence-electron chi connectivity index (χ4n) is 0.391. The van der Waals surface area contributed by atoms with Crippen LogP contribution in [0, 0.1) is 0 Å². The SMILES string of the molecule is O=C(CBr)NCCC(F)(F)F. The van der Waals surface area contributed by atoms with Crippen LogP contribution in [-0.4, -0.2) is 24.0 Å². The van der Waals surface area contributed by atoms with Gasteiger partial charge in [-0.3, -0.25) is 4.79 Å². The van der Waals surface area contributed by atoms with Crippen molar-refractivity contribution in [3.63, 3.8) is 0 Å². The molecule has 66 valence electrons. The molecule has 0 aromatic heterocycles. The normalized spacial score (nSPS) is 11.3. The molecule has 1 amide bonds. The van der Waals surface area contributed by atoms with Gasteiger partial charge in [-0.15, -0.1) is 0 Å². The van der Waals surface area contributed by atoms with E-state index in [1.54, 1.807) is 0 Å². The molecule has 0 radical (unpaired) electrons. The van der Waals surface area contributed by atoms with E-state index < -0.39 is 18.5 Å². The minimum Gasteiger partial charge on any atom is -0.355 e. The van der Waals surface area contributed by atoms with Crippen molar-refractivity contribution in [1.29, 1.82) is 0 Å². The van der Waals surface area contributed by atoms with E-state index >= 15 is 0 Å². The van der Waals surface area contributed by atoms with E-state index in [9.17, 15) is 18.0 Å². The average Bonchev–Trinajstić information content (AvgIpc) is 1.85. The fraction of sp³-hybridized carbons (Fsp3) is 0.800. The third kappa shape index (κ3) is 7.64. The Bertz CT molecular complexity index is 136. The van der Waals surface area contributed by atoms with Gasteiger partial charge in [0.05, 0.1) is 11.8 Å². The number of hydrogen-bond acceptors (Lipinski definition) is 1. The summed E-state index contributed by atoms with van der Waals surface area (Å²) in [6.07, 6.45) is -5.18. The predicted molar refractivity (Wildman–Crippen MR) is 37.5 cm³/mol. The Morgan fingerprint density at radius 3 is 2.36 bits per heavy atom. The van der Waals surface area contributed by atoms with E-state index in [0.717, 1.165) is 0 Å². The van der Waals surface area contributed by atoms with Gasteiger partial charge >= 0.3 is 6.18 Å². The van der Waals surface area contributed by atoms with Crippen molar-refractivity contribution in [2.75, 3.05) is 11.9 Å². The molecule has 0 atom stereocenters. The quantitative estimate of drug-likeness (QED) is 0.735. The molecule has 6 heteroatoms. The number of carbonyl (C=O) groups is 1. The lowest BCUT2D eigenvalue weighted by Gasteiger charge is -2.05. The van der Waals surface area contributed by atoms with Crippen LogP contribution in [0.2, 0.25) is 0 Å². The number of rotatable bonds is 3. The fourth-order valence-corrected chi connectivity index (χ4v) is 0.589. The number of hydrogen-bond donors (Lipinski definition) is 1. The molecule has 0 unspecified atom stereocenters. The lowest BCUT2D eigenvalue weighted by atomic mass is 10.4. The molecule has 0 saturated heterocycles. The molecular formula is C5H7BrF3NO. The molecule has 0 aliphatic rings. The molecule has 0 rings (SSSR count). The maximum absolute atomic E-state index is 11.4. The van der Waals surface area contributed by atoms with Crippen molar-refractivity contribution < 1.29 is 18.0 Å². The van der Waals surface area contributed by atoms with Gasteiger partial charge in [-0.25, -0.2) is 0 Å². The van der Waals surface area contributed by atoms with Crippen LogP contribution in [0.25, 0.3) is 0 Å². The smallest absolute Gasteiger partial charge is 0.355 e. The summed E-state index contributed by atoms with van der Waals surface area (Å²) in [5.41, 5.74) is 0. The van der Waals surface area contributed by atoms with Crippen molar-refractivity contribution >= 4 is 21.8 Å². The Labute approximate surface area is 70.3 Å². The second-order valence-corrected chi connectivity index (χ2v) is 2.41. The van der Waals surface area contributed by atoms with Crippen LogP contribution in [0.15, 0.2) is 0 Å². The molecule has 0 bridgehead atoms. The molecule has 0 aromatic rings. The molecule has 0 saturated carbocycles. The predicted octanol–water partition coefficient (Wildman–Crippen LogP) is 1.45. The van der Waals surface area contributed by atoms with Crippen LogP contribution >= 0.6 is 15.9 Å². The first-order valence-corrected chi connectivity index (χ1v) is 3.97. The van der Waals surface area contributed by atoms with Crippen LogP contribution in [0.3, 0.4) is 0 Å². The molecule has 2 nitrogen and oxygen atoms in total. The Morgan fingerprint density at radius 2 is 2.00 bits per heavy atom. The highest BCUT2D eigenvalue weighted by atomic mass is 79.9. The minimum absolute atomic E-state index is 0.0326. The first kappa shape index (κ1) is 10.7. The molecular weight excluding hydrogens is 227 g/mol. The number of alkyl halides is 4. The first-order chi connectivity index (χ1) is 4.95. The molecule has 0 spiro atoms. The molecule has 1 N–H and O–H groups in total. The van der Waals surface area contributed by atoms with E-state index in [1.165, 1.54) is 0 Å². The van der Waals surface area contributed by atoms with E-state index in [0.29, 0.717) is 0 Å². The summed E-state index contributed by atoms with van der Waals surface area (Å²) in [6, 6.07) is 0. The van der Waals surface area contributed by atoms with Crippen molar-refractivity contribution in [3.05, 3.63) is 0 Å². The van der Waals surface area contributed by atoms with E-state index in [1.807, 2.05) is 0 Å². The zero-order chi connectivity index (χ0) is 8.91. The largest absolute Gasteiger partial charge is 0.390 e. The summed E-state index contributed by atoms with van der Waals surface area (Å²) >= 11 is 2.80. The topological polar surface area (TPSA) is 29.1 Å². The van der Waals surface area contributed by atoms with Gasteiger partial charge in [-0.1, -0.05) is 15.9 Å². The summed E-state index contributed by atoms with van der Waals surface area (Å²) in [5, 5.41) is 2.12. The number of carbonyl (C=O) groups excluding carboxylic acids is 1. The van der Waals surface area contributed by atoms with Crippen LogP contribution in [0.4, 0.5) is 13.2 Å². The van der Waals surface area contributed by atoms with E-state index in [2.05, 4.69) is 21.2 Å². The van der Waals surface area contributed by atoms with Gasteiger partial charge in [-0.2, -0.15) is 13.2 Å². The van der Waals surface area contributed by atoms with Gasteiger partial charge in [0.1, 0.15) is 0 Å². The summed E-state index contributed by atoms with van der Waals surface area (Å²) in [7, 11) is 0. The number of halogens is 4. The molecule has 11 heavy (non-hydrogen) atoms. The van der Waals surface area contributed by atoms with E-state index in [4.69, 9.17) is 0 Å². The molecule has 0 heterocycles. The molecule has 0 fully saturated rings. The van der Waals surface area contributed by atoms with Crippen molar-refractivity contribution in [3.8, 4) is 0 Å². The average molecular weight is 234 g/mol. The number of nitrogens with one attached hydrogen (secondary N) is 1. The van der Waals surface area contributed by atoms with Gasteiger partial charge in [0.25, 0.3) is 0 Å². The lowest BCUT2D eigenvalue weighted by Crippen LogP contribution is -2.28. The second-order valence-electron chi connectivity index (χ2n) is 1.85. The Kier molecular flexibility index (Phi) is 4.48. The van der Waals surface area contributed by atoms with Crippen molar-refractivity contribution in [1.82, 2.24) is 5.32 Å². The second kappa shape index (κ2) is 4.58. The standard InChI is InChI=1S/C5H7BrF3NO/c6-3-4(11)10-2-1-5(7,8)9/h1-3H2,(H,10,11). The van der Waals surface area contributed by atoms with Crippen molar-refractivity contribution in [2.24, 2.45) is 0 Å². The van der Waals surface area contributed by atoms with Crippen LogP contribution in [0.1, 0.15) is 6.42 Å². The van der Waals surface area contributed by atoms with Gasteiger partial charge in [0.2, 0.25) is 5.91 Å². The highest BCUT2D eigenvalue weighted by molar-refractivity contribution is 9.09. The minimum atomic E-state index is -4.19. The Balaban J connectivity index is 3.35. The van der Waals surface area contributed by atoms with Crippen molar-refractivity contribution in [2.45, 2.75) is 12.6 Å². The summed E-state index contributed by atoms with van der Waals surface area (Å²) in [6.45, 7) is -0.353. The highest BCUT2D eigenvalue weighted by Gasteiger charge is 2.26. The van der Waals surface area contributed by atoms with Gasteiger partial charge in [0, 0.05) is 6.54 Å². The molecule has 0 aliphatic carbocycles. The van der Waals surface area contributed by atoms with Gasteiger partial charge in [0.15, 0.2) is 0 Å². The zero-order valence-electron chi connectivity index (χ0n) is 5.54. The van der Waals surface area contributed by atoms with Crippen LogP contribution in [0.5, 0.6) is 0 Å². The third-order valence-corrected chi connectivity index (χ3v) is 1.36. The first-order valence-electron chi connectivity index (χ1n) is 2.85. The molecule has 0 aromatic carbocycles. The zero-order valence-corrected chi connectivity index (χ0v) is 7.13. The highest BCUT2D eigenvalue weighted by Crippen LogP contribution is 2.17. The monoisotopic (exact) mass is 233 g/mol. The maximum atomic E-state index is 11.4. The van der Waals surface area contributed by atoms with E-state index in [-0.39, 0.29) is 11.9 Å². The molecule has 0 aliphatic heterocycles. The summed E-state index contributed by atoms with van der Waals surface area (Å²) < 4.78 is 34.3. The van der Waals surface area contributed by atoms with Crippen LogP contribution < -0.4 is 5.32 Å². The maximum Gasteiger partial charge on any atom is 0.390 e. The Morgan fingerprint density at radius 1 is 1.45 bits per heavy atom. The van der Waals surface area contributed by atoms with Gasteiger partial charge < -0.3 is 5.32 Å². The number of amides is 1. The summed E-state index contributed by atoms with van der Waals surface area (Å²) in [5.74, 6) is -0.436. The third-order valence-electron chi connectivity index (χ3n) is 0.852. The Hall–Kier alpha value is -0.260. The summed E-state index contributed by atoms with van der Waals surface area (Å²) in [4.78, 5) is 10.4. The lowest BCUT2D eigenvalue weighted by molar-refractivity contribution is -0.135. The van der Waals surface area contributed by atoms with Crippen LogP contribution in [-0.2, 0) is 4.79 Å².